The van der Waals surface area contributed by atoms with E-state index in [-0.39, 0.29) is 0 Å². The number of imidazole rings is 1. The van der Waals surface area contributed by atoms with Gasteiger partial charge in [0.05, 0.1) is 11.0 Å². The summed E-state index contributed by atoms with van der Waals surface area (Å²) in [5, 5.41) is 0. The minimum absolute atomic E-state index is 0.785. The van der Waals surface area contributed by atoms with Gasteiger partial charge in [0.25, 0.3) is 0 Å². The van der Waals surface area contributed by atoms with Crippen LogP contribution in [0.3, 0.4) is 0 Å². The second kappa shape index (κ2) is 4.63. The fourth-order valence-electron chi connectivity index (χ4n) is 2.58. The maximum absolute atomic E-state index is 5.98. The lowest BCUT2D eigenvalue weighted by molar-refractivity contribution is 0.589. The number of furan rings is 1. The van der Waals surface area contributed by atoms with Gasteiger partial charge in [-0.3, -0.25) is 0 Å². The number of fused-ring (bicyclic) bond motifs is 1. The number of aryl methyl sites for hydroxylation is 1. The van der Waals surface area contributed by atoms with E-state index in [0.29, 0.717) is 0 Å². The average molecular weight is 274 g/mol. The van der Waals surface area contributed by atoms with Crippen LogP contribution in [0.1, 0.15) is 0 Å². The summed E-state index contributed by atoms with van der Waals surface area (Å²) in [6, 6.07) is 22.1. The van der Waals surface area contributed by atoms with Crippen LogP contribution in [0.4, 0.5) is 0 Å². The van der Waals surface area contributed by atoms with E-state index in [2.05, 4.69) is 15.6 Å². The lowest BCUT2D eigenvalue weighted by Gasteiger charge is -1.99. The van der Waals surface area contributed by atoms with Crippen LogP contribution in [0.5, 0.6) is 0 Å². The monoisotopic (exact) mass is 274 g/mol. The molecule has 0 aliphatic heterocycles. The molecule has 4 aromatic rings. The molecule has 21 heavy (non-hydrogen) atoms. The van der Waals surface area contributed by atoms with E-state index in [9.17, 15) is 0 Å². The van der Waals surface area contributed by atoms with Gasteiger partial charge in [0, 0.05) is 12.6 Å². The number of aromatic nitrogens is 2. The molecule has 0 saturated carbocycles. The summed E-state index contributed by atoms with van der Waals surface area (Å²) in [5.74, 6) is 2.49. The van der Waals surface area contributed by atoms with Crippen molar-refractivity contribution in [2.75, 3.05) is 0 Å². The Kier molecular flexibility index (Phi) is 2.64. The smallest absolute Gasteiger partial charge is 0.177 e. The minimum Gasteiger partial charge on any atom is -0.453 e. The van der Waals surface area contributed by atoms with E-state index in [1.54, 1.807) is 0 Å². The Balaban J connectivity index is 1.83. The van der Waals surface area contributed by atoms with Crippen molar-refractivity contribution in [2.45, 2.75) is 0 Å². The molecular formula is C18H14N2O. The van der Waals surface area contributed by atoms with Crippen LogP contribution in [0, 0.1) is 0 Å². The van der Waals surface area contributed by atoms with E-state index in [0.717, 1.165) is 33.9 Å². The highest BCUT2D eigenvalue weighted by Crippen LogP contribution is 2.29. The number of rotatable bonds is 2. The molecule has 102 valence electrons. The largest absolute Gasteiger partial charge is 0.453 e. The summed E-state index contributed by atoms with van der Waals surface area (Å²) >= 11 is 0. The number of benzene rings is 2. The first-order valence-corrected chi connectivity index (χ1v) is 6.90. The molecule has 4 rings (SSSR count). The number of para-hydroxylation sites is 2. The topological polar surface area (TPSA) is 31.0 Å². The fraction of sp³-hybridized carbons (Fsp3) is 0.0556. The molecule has 2 aromatic carbocycles. The maximum atomic E-state index is 5.98. The highest BCUT2D eigenvalue weighted by atomic mass is 16.3. The molecule has 0 amide bonds. The van der Waals surface area contributed by atoms with E-state index in [4.69, 9.17) is 4.42 Å². The highest BCUT2D eigenvalue weighted by molar-refractivity contribution is 5.79. The minimum atomic E-state index is 0.785. The lowest BCUT2D eigenvalue weighted by atomic mass is 10.2. The van der Waals surface area contributed by atoms with E-state index >= 15 is 0 Å². The van der Waals surface area contributed by atoms with Crippen LogP contribution in [0.2, 0.25) is 0 Å². The number of nitrogens with zero attached hydrogens (tertiary/aromatic N) is 2. The molecule has 2 heterocycles. The first-order chi connectivity index (χ1) is 10.3. The average Bonchev–Trinajstić information content (AvgIpc) is 3.14. The first kappa shape index (κ1) is 12.0. The van der Waals surface area contributed by atoms with Gasteiger partial charge in [0.2, 0.25) is 0 Å². The molecule has 0 fully saturated rings. The van der Waals surface area contributed by atoms with Crippen LogP contribution >= 0.6 is 0 Å². The second-order valence-corrected chi connectivity index (χ2v) is 5.01. The summed E-state index contributed by atoms with van der Waals surface area (Å²) in [6.45, 7) is 0. The van der Waals surface area contributed by atoms with Gasteiger partial charge in [-0.1, -0.05) is 42.5 Å². The summed E-state index contributed by atoms with van der Waals surface area (Å²) < 4.78 is 8.04. The summed E-state index contributed by atoms with van der Waals surface area (Å²) in [6.07, 6.45) is 0. The molecule has 3 heteroatoms. The molecule has 0 saturated heterocycles. The molecule has 2 aromatic heterocycles. The standard InChI is InChI=1S/C18H14N2O/c1-20-15-10-6-5-9-14(15)19-18(20)17-12-11-16(21-17)13-7-3-2-4-8-13/h2-12H,1H3. The van der Waals surface area contributed by atoms with Gasteiger partial charge in [-0.05, 0) is 24.3 Å². The quantitative estimate of drug-likeness (QED) is 0.539. The van der Waals surface area contributed by atoms with Crippen molar-refractivity contribution in [1.82, 2.24) is 9.55 Å². The Bertz CT molecular complexity index is 903. The Hall–Kier alpha value is -2.81. The SMILES string of the molecule is Cn1c(-c2ccc(-c3ccccc3)o2)nc2ccccc21. The van der Waals surface area contributed by atoms with Crippen molar-refractivity contribution in [1.29, 1.82) is 0 Å². The molecule has 0 N–H and O–H groups in total. The molecule has 0 spiro atoms. The van der Waals surface area contributed by atoms with E-state index < -0.39 is 0 Å². The maximum Gasteiger partial charge on any atom is 0.177 e. The molecular weight excluding hydrogens is 260 g/mol. The van der Waals surface area contributed by atoms with Crippen molar-refractivity contribution in [3.63, 3.8) is 0 Å². The Morgan fingerprint density at radius 1 is 0.810 bits per heavy atom. The molecule has 0 unspecified atom stereocenters. The van der Waals surface area contributed by atoms with Crippen LogP contribution in [0.25, 0.3) is 33.9 Å². The van der Waals surface area contributed by atoms with Crippen LogP contribution in [-0.4, -0.2) is 9.55 Å². The highest BCUT2D eigenvalue weighted by Gasteiger charge is 2.13. The number of hydrogen-bond donors (Lipinski definition) is 0. The third-order valence-electron chi connectivity index (χ3n) is 3.67. The first-order valence-electron chi connectivity index (χ1n) is 6.90. The predicted octanol–water partition coefficient (Wildman–Crippen LogP) is 4.50. The van der Waals surface area contributed by atoms with Gasteiger partial charge in [0.15, 0.2) is 11.6 Å². The van der Waals surface area contributed by atoms with Gasteiger partial charge in [-0.15, -0.1) is 0 Å². The Morgan fingerprint density at radius 3 is 2.33 bits per heavy atom. The van der Waals surface area contributed by atoms with Gasteiger partial charge in [-0.25, -0.2) is 4.98 Å². The summed E-state index contributed by atoms with van der Waals surface area (Å²) in [7, 11) is 2.01. The summed E-state index contributed by atoms with van der Waals surface area (Å²) in [5.41, 5.74) is 3.15. The molecule has 0 atom stereocenters. The van der Waals surface area contributed by atoms with Crippen LogP contribution in [-0.2, 0) is 7.05 Å². The van der Waals surface area contributed by atoms with Crippen molar-refractivity contribution < 1.29 is 4.42 Å². The van der Waals surface area contributed by atoms with Gasteiger partial charge >= 0.3 is 0 Å². The van der Waals surface area contributed by atoms with Crippen molar-refractivity contribution in [2.24, 2.45) is 7.05 Å². The lowest BCUT2D eigenvalue weighted by Crippen LogP contribution is -1.90. The Morgan fingerprint density at radius 2 is 1.52 bits per heavy atom. The van der Waals surface area contributed by atoms with Gasteiger partial charge < -0.3 is 8.98 Å². The third-order valence-corrected chi connectivity index (χ3v) is 3.67. The number of hydrogen-bond acceptors (Lipinski definition) is 2. The Labute approximate surface area is 122 Å². The molecule has 0 radical (unpaired) electrons. The molecule has 3 nitrogen and oxygen atoms in total. The van der Waals surface area contributed by atoms with E-state index in [1.807, 2.05) is 67.7 Å². The summed E-state index contributed by atoms with van der Waals surface area (Å²) in [4.78, 5) is 4.66. The van der Waals surface area contributed by atoms with Gasteiger partial charge in [-0.2, -0.15) is 0 Å². The molecule has 0 aliphatic rings. The zero-order valence-electron chi connectivity index (χ0n) is 11.7. The fourth-order valence-corrected chi connectivity index (χ4v) is 2.58. The van der Waals surface area contributed by atoms with Crippen molar-refractivity contribution in [3.8, 4) is 22.9 Å². The molecule has 0 aliphatic carbocycles. The predicted molar refractivity (Wildman–Crippen MR) is 83.9 cm³/mol. The van der Waals surface area contributed by atoms with Crippen LogP contribution < -0.4 is 0 Å². The normalized spacial score (nSPS) is 11.1. The van der Waals surface area contributed by atoms with Crippen molar-refractivity contribution in [3.05, 3.63) is 66.7 Å². The zero-order valence-corrected chi connectivity index (χ0v) is 11.7. The molecule has 0 bridgehead atoms. The van der Waals surface area contributed by atoms with Crippen LogP contribution in [0.15, 0.2) is 71.1 Å². The van der Waals surface area contributed by atoms with Crippen molar-refractivity contribution >= 4 is 11.0 Å². The second-order valence-electron chi connectivity index (χ2n) is 5.01. The zero-order chi connectivity index (χ0) is 14.2. The van der Waals surface area contributed by atoms with Gasteiger partial charge in [0.1, 0.15) is 5.76 Å². The third kappa shape index (κ3) is 1.94. The van der Waals surface area contributed by atoms with E-state index in [1.165, 1.54) is 0 Å².